The molecule has 0 aromatic carbocycles. The average Bonchev–Trinajstić information content (AvgIpc) is 2.36. The van der Waals surface area contributed by atoms with Crippen molar-refractivity contribution in [2.45, 2.75) is 58.8 Å². The summed E-state index contributed by atoms with van der Waals surface area (Å²) >= 11 is 0. The van der Waals surface area contributed by atoms with E-state index in [1.165, 1.54) is 12.8 Å². The van der Waals surface area contributed by atoms with Gasteiger partial charge >= 0.3 is 0 Å². The molecule has 1 amide bonds. The number of nitrogens with zero attached hydrogens (tertiary/aromatic N) is 2. The highest BCUT2D eigenvalue weighted by Gasteiger charge is 2.32. The zero-order valence-corrected chi connectivity index (χ0v) is 12.8. The van der Waals surface area contributed by atoms with Gasteiger partial charge in [0.25, 0.3) is 0 Å². The zero-order valence-electron chi connectivity index (χ0n) is 12.8. The number of hydrogen-bond donors (Lipinski definition) is 0. The van der Waals surface area contributed by atoms with Gasteiger partial charge in [0, 0.05) is 19.6 Å². The Kier molecular flexibility index (Phi) is 4.85. The second kappa shape index (κ2) is 6.23. The number of hydrogen-bond acceptors (Lipinski definition) is 3. The van der Waals surface area contributed by atoms with E-state index in [0.29, 0.717) is 5.92 Å². The highest BCUT2D eigenvalue weighted by atomic mass is 16.5. The summed E-state index contributed by atoms with van der Waals surface area (Å²) in [5.74, 6) is 0.989. The van der Waals surface area contributed by atoms with Gasteiger partial charge in [-0.3, -0.25) is 9.69 Å². The van der Waals surface area contributed by atoms with E-state index < -0.39 is 0 Å². The van der Waals surface area contributed by atoms with Gasteiger partial charge in [-0.15, -0.1) is 0 Å². The first-order chi connectivity index (χ1) is 8.97. The molecule has 0 N–H and O–H groups in total. The Morgan fingerprint density at radius 3 is 2.37 bits per heavy atom. The van der Waals surface area contributed by atoms with Crippen molar-refractivity contribution in [3.8, 4) is 0 Å². The lowest BCUT2D eigenvalue weighted by atomic mass is 9.98. The minimum absolute atomic E-state index is 0.0141. The van der Waals surface area contributed by atoms with Crippen molar-refractivity contribution in [1.82, 2.24) is 9.80 Å². The normalized spacial score (nSPS) is 35.2. The molecular formula is C15H28N2O2. The Bertz CT molecular complexity index is 311. The van der Waals surface area contributed by atoms with Gasteiger partial charge in [-0.1, -0.05) is 6.92 Å². The average molecular weight is 268 g/mol. The van der Waals surface area contributed by atoms with E-state index in [4.69, 9.17) is 4.74 Å². The summed E-state index contributed by atoms with van der Waals surface area (Å²) in [6, 6.07) is 0.0141. The van der Waals surface area contributed by atoms with Crippen LogP contribution in [0.15, 0.2) is 0 Å². The first kappa shape index (κ1) is 14.8. The molecule has 2 saturated heterocycles. The highest BCUT2D eigenvalue weighted by Crippen LogP contribution is 2.20. The highest BCUT2D eigenvalue weighted by molar-refractivity contribution is 5.81. The topological polar surface area (TPSA) is 32.8 Å². The number of ether oxygens (including phenoxy) is 1. The molecular weight excluding hydrogens is 240 g/mol. The molecule has 4 unspecified atom stereocenters. The smallest absolute Gasteiger partial charge is 0.239 e. The number of carbonyl (C=O) groups is 1. The first-order valence-corrected chi connectivity index (χ1v) is 7.65. The molecule has 0 saturated carbocycles. The summed E-state index contributed by atoms with van der Waals surface area (Å²) in [6.07, 6.45) is 2.82. The quantitative estimate of drug-likeness (QED) is 0.765. The van der Waals surface area contributed by atoms with Crippen LogP contribution >= 0.6 is 0 Å². The number of amides is 1. The first-order valence-electron chi connectivity index (χ1n) is 7.65. The van der Waals surface area contributed by atoms with Gasteiger partial charge < -0.3 is 9.64 Å². The van der Waals surface area contributed by atoms with Gasteiger partial charge in [0.2, 0.25) is 5.91 Å². The second-order valence-corrected chi connectivity index (χ2v) is 6.42. The molecule has 0 radical (unpaired) electrons. The van der Waals surface area contributed by atoms with Gasteiger partial charge in [-0.05, 0) is 46.1 Å². The van der Waals surface area contributed by atoms with Crippen LogP contribution in [0.25, 0.3) is 0 Å². The van der Waals surface area contributed by atoms with Crippen molar-refractivity contribution in [2.24, 2.45) is 5.92 Å². The SMILES string of the molecule is CC1CCCN(C(C)C(=O)N2CC(C)OC(C)C2)C1. The molecule has 2 heterocycles. The molecule has 0 aliphatic carbocycles. The predicted octanol–water partition coefficient (Wildman–Crippen LogP) is 1.74. The van der Waals surface area contributed by atoms with Crippen LogP contribution in [0, 0.1) is 5.92 Å². The van der Waals surface area contributed by atoms with E-state index in [-0.39, 0.29) is 24.2 Å². The van der Waals surface area contributed by atoms with E-state index in [0.717, 1.165) is 26.2 Å². The second-order valence-electron chi connectivity index (χ2n) is 6.42. The van der Waals surface area contributed by atoms with Gasteiger partial charge in [-0.25, -0.2) is 0 Å². The van der Waals surface area contributed by atoms with Gasteiger partial charge in [-0.2, -0.15) is 0 Å². The largest absolute Gasteiger partial charge is 0.372 e. The Morgan fingerprint density at radius 1 is 1.16 bits per heavy atom. The van der Waals surface area contributed by atoms with Crippen LogP contribution in [0.4, 0.5) is 0 Å². The summed E-state index contributed by atoms with van der Waals surface area (Å²) in [7, 11) is 0. The van der Waals surface area contributed by atoms with E-state index >= 15 is 0 Å². The maximum atomic E-state index is 12.6. The third kappa shape index (κ3) is 3.69. The lowest BCUT2D eigenvalue weighted by Crippen LogP contribution is -2.55. The Hall–Kier alpha value is -0.610. The molecule has 19 heavy (non-hydrogen) atoms. The van der Waals surface area contributed by atoms with Crippen molar-refractivity contribution in [3.05, 3.63) is 0 Å². The molecule has 4 nitrogen and oxygen atoms in total. The molecule has 0 spiro atoms. The molecule has 0 aromatic rings. The van der Waals surface area contributed by atoms with E-state index in [1.807, 2.05) is 18.7 Å². The summed E-state index contributed by atoms with van der Waals surface area (Å²) in [5, 5.41) is 0. The molecule has 2 aliphatic rings. The Labute approximate surface area is 117 Å². The molecule has 4 atom stereocenters. The van der Waals surface area contributed by atoms with Crippen molar-refractivity contribution < 1.29 is 9.53 Å². The standard InChI is InChI=1S/C15H28N2O2/c1-11-6-5-7-16(8-11)14(4)15(18)17-9-12(2)19-13(3)10-17/h11-14H,5-10H2,1-4H3. The Balaban J connectivity index is 1.94. The van der Waals surface area contributed by atoms with Crippen molar-refractivity contribution in [2.75, 3.05) is 26.2 Å². The van der Waals surface area contributed by atoms with Crippen LogP contribution in [0.2, 0.25) is 0 Å². The maximum absolute atomic E-state index is 12.6. The van der Waals surface area contributed by atoms with Crippen molar-refractivity contribution in [3.63, 3.8) is 0 Å². The van der Waals surface area contributed by atoms with Gasteiger partial charge in [0.15, 0.2) is 0 Å². The number of piperidine rings is 1. The van der Waals surface area contributed by atoms with Crippen molar-refractivity contribution in [1.29, 1.82) is 0 Å². The zero-order chi connectivity index (χ0) is 14.0. The van der Waals surface area contributed by atoms with E-state index in [1.54, 1.807) is 0 Å². The maximum Gasteiger partial charge on any atom is 0.239 e. The van der Waals surface area contributed by atoms with E-state index in [2.05, 4.69) is 18.7 Å². The third-order valence-electron chi connectivity index (χ3n) is 4.32. The van der Waals surface area contributed by atoms with Crippen LogP contribution < -0.4 is 0 Å². The van der Waals surface area contributed by atoms with Gasteiger partial charge in [0.1, 0.15) is 0 Å². The van der Waals surface area contributed by atoms with Crippen LogP contribution in [-0.2, 0) is 9.53 Å². The minimum Gasteiger partial charge on any atom is -0.372 e. The number of morpholine rings is 1. The fourth-order valence-electron chi connectivity index (χ4n) is 3.36. The predicted molar refractivity (Wildman–Crippen MR) is 76.0 cm³/mol. The lowest BCUT2D eigenvalue weighted by molar-refractivity contribution is -0.148. The summed E-state index contributed by atoms with van der Waals surface area (Å²) in [4.78, 5) is 17.0. The summed E-state index contributed by atoms with van der Waals surface area (Å²) in [6.45, 7) is 12.0. The number of likely N-dealkylation sites (tertiary alicyclic amines) is 1. The van der Waals surface area contributed by atoms with Gasteiger partial charge in [0.05, 0.1) is 18.2 Å². The molecule has 0 aromatic heterocycles. The molecule has 2 fully saturated rings. The molecule has 0 bridgehead atoms. The van der Waals surface area contributed by atoms with E-state index in [9.17, 15) is 4.79 Å². The summed E-state index contributed by atoms with van der Waals surface area (Å²) in [5.41, 5.74) is 0. The Morgan fingerprint density at radius 2 is 1.79 bits per heavy atom. The third-order valence-corrected chi connectivity index (χ3v) is 4.32. The monoisotopic (exact) mass is 268 g/mol. The lowest BCUT2D eigenvalue weighted by Gasteiger charge is -2.40. The summed E-state index contributed by atoms with van der Waals surface area (Å²) < 4.78 is 5.70. The number of rotatable bonds is 2. The molecule has 2 rings (SSSR count). The number of carbonyl (C=O) groups excluding carboxylic acids is 1. The van der Waals surface area contributed by atoms with Crippen LogP contribution in [0.5, 0.6) is 0 Å². The van der Waals surface area contributed by atoms with Crippen LogP contribution in [0.3, 0.4) is 0 Å². The molecule has 4 heteroatoms. The molecule has 110 valence electrons. The fourth-order valence-corrected chi connectivity index (χ4v) is 3.36. The van der Waals surface area contributed by atoms with Crippen molar-refractivity contribution >= 4 is 5.91 Å². The van der Waals surface area contributed by atoms with Crippen LogP contribution in [-0.4, -0.2) is 60.1 Å². The molecule has 2 aliphatic heterocycles. The fraction of sp³-hybridized carbons (Fsp3) is 0.933. The minimum atomic E-state index is 0.0141. The van der Waals surface area contributed by atoms with Crippen LogP contribution in [0.1, 0.15) is 40.5 Å².